The lowest BCUT2D eigenvalue weighted by Crippen LogP contribution is -2.60. The maximum absolute atomic E-state index is 6.51. The molecular weight excluding hydrogens is 222 g/mol. The molecule has 0 atom stereocenters. The largest absolute Gasteiger partial charge is 0.379 e. The third-order valence-corrected chi connectivity index (χ3v) is 5.34. The summed E-state index contributed by atoms with van der Waals surface area (Å²) in [5.74, 6) is 0. The predicted molar refractivity (Wildman–Crippen MR) is 71.7 cm³/mol. The predicted octanol–water partition coefficient (Wildman–Crippen LogP) is 2.32. The third kappa shape index (κ3) is 1.36. The summed E-state index contributed by atoms with van der Waals surface area (Å²) in [4.78, 5) is 0. The zero-order chi connectivity index (χ0) is 12.2. The maximum atomic E-state index is 6.51. The normalized spacial score (nSPS) is 27.2. The van der Waals surface area contributed by atoms with Gasteiger partial charge in [0, 0.05) is 5.54 Å². The number of aryl methyl sites for hydroxylation is 2. The summed E-state index contributed by atoms with van der Waals surface area (Å²) in [6.07, 6.45) is 7.51. The number of benzene rings is 1. The molecule has 1 aliphatic heterocycles. The molecule has 96 valence electrons. The molecule has 1 saturated carbocycles. The van der Waals surface area contributed by atoms with Gasteiger partial charge in [-0.1, -0.05) is 18.2 Å². The molecule has 2 aliphatic carbocycles. The van der Waals surface area contributed by atoms with E-state index in [0.29, 0.717) is 0 Å². The number of hydrogen-bond acceptors (Lipinski definition) is 2. The molecule has 0 aromatic heterocycles. The molecule has 0 unspecified atom stereocenters. The van der Waals surface area contributed by atoms with E-state index < -0.39 is 0 Å². The van der Waals surface area contributed by atoms with E-state index in [9.17, 15) is 0 Å². The molecule has 1 aromatic rings. The van der Waals surface area contributed by atoms with Gasteiger partial charge in [-0.15, -0.1) is 0 Å². The molecule has 3 aliphatic rings. The van der Waals surface area contributed by atoms with Crippen LogP contribution in [0.5, 0.6) is 0 Å². The molecule has 1 aromatic carbocycles. The Morgan fingerprint density at radius 2 is 1.72 bits per heavy atom. The highest BCUT2D eigenvalue weighted by atomic mass is 16.5. The van der Waals surface area contributed by atoms with Crippen LogP contribution in [-0.2, 0) is 23.0 Å². The van der Waals surface area contributed by atoms with E-state index in [-0.39, 0.29) is 11.0 Å². The second kappa shape index (κ2) is 3.58. The van der Waals surface area contributed by atoms with Gasteiger partial charge < -0.3 is 10.5 Å². The minimum Gasteiger partial charge on any atom is -0.379 e. The molecular formula is C16H21NO. The maximum Gasteiger partial charge on any atom is 0.0603 e. The molecule has 4 rings (SSSR count). The Labute approximate surface area is 109 Å². The summed E-state index contributed by atoms with van der Waals surface area (Å²) in [5.41, 5.74) is 11.2. The highest BCUT2D eigenvalue weighted by Crippen LogP contribution is 2.53. The zero-order valence-electron chi connectivity index (χ0n) is 10.9. The quantitative estimate of drug-likeness (QED) is 0.865. The molecule has 1 saturated heterocycles. The van der Waals surface area contributed by atoms with Gasteiger partial charge in [0.15, 0.2) is 0 Å². The van der Waals surface area contributed by atoms with Crippen molar-refractivity contribution < 1.29 is 4.74 Å². The van der Waals surface area contributed by atoms with E-state index in [4.69, 9.17) is 10.5 Å². The van der Waals surface area contributed by atoms with E-state index in [0.717, 1.165) is 26.1 Å². The standard InChI is InChI=1S/C16H21NO/c17-16(7-8-16)15(10-18-11-15)14-6-5-12-3-1-2-4-13(12)9-14/h5-6,9H,1-4,7-8,10-11,17H2. The molecule has 2 heteroatoms. The van der Waals surface area contributed by atoms with E-state index in [1.165, 1.54) is 31.2 Å². The van der Waals surface area contributed by atoms with Crippen LogP contribution in [0.25, 0.3) is 0 Å². The van der Waals surface area contributed by atoms with Crippen LogP contribution in [0.4, 0.5) is 0 Å². The highest BCUT2D eigenvalue weighted by Gasteiger charge is 2.61. The summed E-state index contributed by atoms with van der Waals surface area (Å²) in [7, 11) is 0. The minimum absolute atomic E-state index is 0.0220. The van der Waals surface area contributed by atoms with Gasteiger partial charge in [-0.2, -0.15) is 0 Å². The average Bonchev–Trinajstić information content (AvgIpc) is 3.06. The van der Waals surface area contributed by atoms with Gasteiger partial charge >= 0.3 is 0 Å². The summed E-state index contributed by atoms with van der Waals surface area (Å²) < 4.78 is 5.52. The van der Waals surface area contributed by atoms with Gasteiger partial charge in [0.25, 0.3) is 0 Å². The molecule has 2 nitrogen and oxygen atoms in total. The SMILES string of the molecule is NC1(C2(c3ccc4c(c3)CCCC4)COC2)CC1. The van der Waals surface area contributed by atoms with Gasteiger partial charge in [0.1, 0.15) is 0 Å². The lowest BCUT2D eigenvalue weighted by molar-refractivity contribution is -0.0786. The van der Waals surface area contributed by atoms with Crippen LogP contribution < -0.4 is 5.73 Å². The smallest absolute Gasteiger partial charge is 0.0603 e. The molecule has 0 amide bonds. The highest BCUT2D eigenvalue weighted by molar-refractivity contribution is 5.43. The van der Waals surface area contributed by atoms with Crippen LogP contribution in [0.3, 0.4) is 0 Å². The number of fused-ring (bicyclic) bond motifs is 1. The zero-order valence-corrected chi connectivity index (χ0v) is 10.9. The molecule has 0 spiro atoms. The molecule has 18 heavy (non-hydrogen) atoms. The molecule has 0 radical (unpaired) electrons. The lowest BCUT2D eigenvalue weighted by atomic mass is 9.69. The van der Waals surface area contributed by atoms with Gasteiger partial charge in [-0.25, -0.2) is 0 Å². The molecule has 0 bridgehead atoms. The van der Waals surface area contributed by atoms with Crippen molar-refractivity contribution >= 4 is 0 Å². The summed E-state index contributed by atoms with van der Waals surface area (Å²) in [5, 5.41) is 0. The average molecular weight is 243 g/mol. The fourth-order valence-corrected chi connectivity index (χ4v) is 3.69. The van der Waals surface area contributed by atoms with E-state index in [1.54, 1.807) is 11.1 Å². The van der Waals surface area contributed by atoms with Crippen molar-refractivity contribution in [3.05, 3.63) is 34.9 Å². The van der Waals surface area contributed by atoms with Crippen LogP contribution in [0.15, 0.2) is 18.2 Å². The first-order valence-corrected chi connectivity index (χ1v) is 7.23. The first-order chi connectivity index (χ1) is 8.74. The van der Waals surface area contributed by atoms with E-state index >= 15 is 0 Å². The Morgan fingerprint density at radius 1 is 1.00 bits per heavy atom. The van der Waals surface area contributed by atoms with Crippen molar-refractivity contribution in [1.82, 2.24) is 0 Å². The van der Waals surface area contributed by atoms with E-state index in [2.05, 4.69) is 18.2 Å². The van der Waals surface area contributed by atoms with Gasteiger partial charge in [0.05, 0.1) is 18.6 Å². The Hall–Kier alpha value is -0.860. The van der Waals surface area contributed by atoms with Crippen molar-refractivity contribution in [1.29, 1.82) is 0 Å². The van der Waals surface area contributed by atoms with Crippen LogP contribution in [0.1, 0.15) is 42.4 Å². The van der Waals surface area contributed by atoms with Gasteiger partial charge in [0.2, 0.25) is 0 Å². The van der Waals surface area contributed by atoms with Crippen LogP contribution in [-0.4, -0.2) is 18.8 Å². The second-order valence-electron chi connectivity index (χ2n) is 6.42. The van der Waals surface area contributed by atoms with Crippen molar-refractivity contribution in [2.75, 3.05) is 13.2 Å². The Morgan fingerprint density at radius 3 is 2.33 bits per heavy atom. The number of rotatable bonds is 2. The topological polar surface area (TPSA) is 35.2 Å². The number of ether oxygens (including phenoxy) is 1. The Kier molecular flexibility index (Phi) is 2.19. The first kappa shape index (κ1) is 11.0. The van der Waals surface area contributed by atoms with Crippen molar-refractivity contribution in [3.63, 3.8) is 0 Å². The fourth-order valence-electron chi connectivity index (χ4n) is 3.69. The van der Waals surface area contributed by atoms with Crippen molar-refractivity contribution in [2.24, 2.45) is 5.73 Å². The fraction of sp³-hybridized carbons (Fsp3) is 0.625. The Bertz CT molecular complexity index is 486. The van der Waals surface area contributed by atoms with Crippen LogP contribution >= 0.6 is 0 Å². The first-order valence-electron chi connectivity index (χ1n) is 7.23. The summed E-state index contributed by atoms with van der Waals surface area (Å²) in [6, 6.07) is 7.10. The van der Waals surface area contributed by atoms with Gasteiger partial charge in [-0.05, 0) is 55.2 Å². The van der Waals surface area contributed by atoms with E-state index in [1.807, 2.05) is 0 Å². The summed E-state index contributed by atoms with van der Waals surface area (Å²) >= 11 is 0. The lowest BCUT2D eigenvalue weighted by Gasteiger charge is -2.47. The van der Waals surface area contributed by atoms with Crippen LogP contribution in [0.2, 0.25) is 0 Å². The number of hydrogen-bond donors (Lipinski definition) is 1. The molecule has 2 fully saturated rings. The van der Waals surface area contributed by atoms with Crippen molar-refractivity contribution in [2.45, 2.75) is 49.5 Å². The van der Waals surface area contributed by atoms with Crippen molar-refractivity contribution in [3.8, 4) is 0 Å². The van der Waals surface area contributed by atoms with Crippen LogP contribution in [0, 0.1) is 0 Å². The Balaban J connectivity index is 1.76. The minimum atomic E-state index is 0.0220. The number of nitrogens with two attached hydrogens (primary N) is 1. The molecule has 1 heterocycles. The second-order valence-corrected chi connectivity index (χ2v) is 6.42. The molecule has 2 N–H and O–H groups in total. The summed E-state index contributed by atoms with van der Waals surface area (Å²) in [6.45, 7) is 1.64. The van der Waals surface area contributed by atoms with Gasteiger partial charge in [-0.3, -0.25) is 0 Å². The monoisotopic (exact) mass is 243 g/mol. The third-order valence-electron chi connectivity index (χ3n) is 5.34.